The highest BCUT2D eigenvalue weighted by Gasteiger charge is 2.15. The minimum atomic E-state index is 0.580. The largest absolute Gasteiger partial charge is 0.436 e. The molecule has 122 valence electrons. The molecule has 0 atom stereocenters. The Hall–Kier alpha value is -3.20. The van der Waals surface area contributed by atoms with Crippen molar-refractivity contribution in [2.75, 3.05) is 0 Å². The van der Waals surface area contributed by atoms with Crippen LogP contribution in [0.1, 0.15) is 21.5 Å². The molecule has 0 amide bonds. The quantitative estimate of drug-likeness (QED) is 0.461. The van der Waals surface area contributed by atoms with Gasteiger partial charge in [0.05, 0.1) is 0 Å². The van der Waals surface area contributed by atoms with Crippen LogP contribution in [0, 0.1) is 13.8 Å². The number of oxazole rings is 1. The van der Waals surface area contributed by atoms with Crippen molar-refractivity contribution in [1.29, 1.82) is 0 Å². The summed E-state index contributed by atoms with van der Waals surface area (Å²) in [6.45, 7) is 4.01. The predicted molar refractivity (Wildman–Crippen MR) is 99.7 cm³/mol. The van der Waals surface area contributed by atoms with Crippen LogP contribution in [0.25, 0.3) is 33.7 Å². The van der Waals surface area contributed by atoms with Crippen LogP contribution in [0.3, 0.4) is 0 Å². The Kier molecular flexibility index (Phi) is 3.69. The van der Waals surface area contributed by atoms with Gasteiger partial charge in [-0.3, -0.25) is 4.79 Å². The first kappa shape index (κ1) is 15.3. The minimum absolute atomic E-state index is 0.580. The molecule has 25 heavy (non-hydrogen) atoms. The molecule has 0 N–H and O–H groups in total. The number of aromatic nitrogens is 1. The number of fused-ring (bicyclic) bond motifs is 1. The van der Waals surface area contributed by atoms with Crippen LogP contribution in [0.15, 0.2) is 65.1 Å². The van der Waals surface area contributed by atoms with Gasteiger partial charge in [0, 0.05) is 11.1 Å². The van der Waals surface area contributed by atoms with Crippen molar-refractivity contribution in [3.05, 3.63) is 77.4 Å². The zero-order chi connectivity index (χ0) is 17.4. The van der Waals surface area contributed by atoms with Gasteiger partial charge >= 0.3 is 0 Å². The van der Waals surface area contributed by atoms with E-state index in [9.17, 15) is 4.79 Å². The first-order valence-corrected chi connectivity index (χ1v) is 8.19. The van der Waals surface area contributed by atoms with Gasteiger partial charge in [0.25, 0.3) is 0 Å². The van der Waals surface area contributed by atoms with E-state index in [0.717, 1.165) is 39.7 Å². The summed E-state index contributed by atoms with van der Waals surface area (Å²) in [6.07, 6.45) is 0.835. The van der Waals surface area contributed by atoms with Crippen LogP contribution in [-0.2, 0) is 0 Å². The lowest BCUT2D eigenvalue weighted by molar-refractivity contribution is 0.112. The minimum Gasteiger partial charge on any atom is -0.436 e. The molecular formula is C22H17NO2. The number of benzene rings is 3. The number of hydrogen-bond donors (Lipinski definition) is 0. The van der Waals surface area contributed by atoms with Gasteiger partial charge in [0.1, 0.15) is 11.8 Å². The Morgan fingerprint density at radius 3 is 2.44 bits per heavy atom. The third-order valence-electron chi connectivity index (χ3n) is 4.48. The number of aryl methyl sites for hydroxylation is 1. The number of aldehydes is 1. The van der Waals surface area contributed by atoms with E-state index in [1.165, 1.54) is 0 Å². The van der Waals surface area contributed by atoms with E-state index >= 15 is 0 Å². The Balaban J connectivity index is 1.89. The fourth-order valence-electron chi connectivity index (χ4n) is 3.21. The van der Waals surface area contributed by atoms with Crippen LogP contribution >= 0.6 is 0 Å². The van der Waals surface area contributed by atoms with Crippen molar-refractivity contribution in [2.24, 2.45) is 0 Å². The fourth-order valence-corrected chi connectivity index (χ4v) is 3.21. The Labute approximate surface area is 145 Å². The van der Waals surface area contributed by atoms with Crippen molar-refractivity contribution in [1.82, 2.24) is 4.98 Å². The lowest BCUT2D eigenvalue weighted by Gasteiger charge is -2.09. The summed E-state index contributed by atoms with van der Waals surface area (Å²) in [7, 11) is 0. The van der Waals surface area contributed by atoms with Crippen molar-refractivity contribution in [2.45, 2.75) is 13.8 Å². The second-order valence-corrected chi connectivity index (χ2v) is 6.17. The van der Waals surface area contributed by atoms with Crippen LogP contribution in [0.4, 0.5) is 0 Å². The summed E-state index contributed by atoms with van der Waals surface area (Å²) < 4.78 is 6.03. The van der Waals surface area contributed by atoms with Crippen LogP contribution < -0.4 is 0 Å². The standard InChI is InChI=1S/C22H17NO2/c1-14-11-16(13-24)12-20-21(14)25-22(23-20)19-10-6-9-18(15(19)2)17-7-4-3-5-8-17/h3-13H,1-2H3. The maximum Gasteiger partial charge on any atom is 0.227 e. The molecule has 1 heterocycles. The third kappa shape index (κ3) is 2.64. The average molecular weight is 327 g/mol. The normalized spacial score (nSPS) is 11.0. The van der Waals surface area contributed by atoms with E-state index in [-0.39, 0.29) is 0 Å². The molecule has 0 saturated heterocycles. The van der Waals surface area contributed by atoms with Gasteiger partial charge in [-0.15, -0.1) is 0 Å². The van der Waals surface area contributed by atoms with Crippen molar-refractivity contribution < 1.29 is 9.21 Å². The van der Waals surface area contributed by atoms with Gasteiger partial charge in [-0.05, 0) is 54.3 Å². The molecule has 0 unspecified atom stereocenters. The SMILES string of the molecule is Cc1c(-c2ccccc2)cccc1-c1nc2cc(C=O)cc(C)c2o1. The highest BCUT2D eigenvalue weighted by atomic mass is 16.3. The zero-order valence-corrected chi connectivity index (χ0v) is 14.1. The molecule has 3 heteroatoms. The molecule has 0 bridgehead atoms. The third-order valence-corrected chi connectivity index (χ3v) is 4.48. The summed E-state index contributed by atoms with van der Waals surface area (Å²) in [4.78, 5) is 15.7. The second kappa shape index (κ2) is 6.02. The van der Waals surface area contributed by atoms with Gasteiger partial charge < -0.3 is 4.42 Å². The number of carbonyl (C=O) groups excluding carboxylic acids is 1. The predicted octanol–water partition coefficient (Wildman–Crippen LogP) is 5.59. The van der Waals surface area contributed by atoms with E-state index < -0.39 is 0 Å². The highest BCUT2D eigenvalue weighted by molar-refractivity contribution is 5.88. The first-order valence-electron chi connectivity index (χ1n) is 8.19. The summed E-state index contributed by atoms with van der Waals surface area (Å²) in [6, 6.07) is 20.0. The molecule has 0 aliphatic carbocycles. The molecule has 0 aliphatic heterocycles. The molecule has 0 fully saturated rings. The Bertz CT molecular complexity index is 1080. The number of rotatable bonds is 3. The average Bonchev–Trinajstić information content (AvgIpc) is 3.07. The molecule has 1 aromatic heterocycles. The first-order chi connectivity index (χ1) is 12.2. The van der Waals surface area contributed by atoms with Gasteiger partial charge in [0.15, 0.2) is 5.58 Å². The monoisotopic (exact) mass is 327 g/mol. The Morgan fingerprint density at radius 1 is 0.920 bits per heavy atom. The highest BCUT2D eigenvalue weighted by Crippen LogP contribution is 2.33. The smallest absolute Gasteiger partial charge is 0.227 e. The van der Waals surface area contributed by atoms with E-state index in [4.69, 9.17) is 4.42 Å². The topological polar surface area (TPSA) is 43.1 Å². The summed E-state index contributed by atoms with van der Waals surface area (Å²) in [5, 5.41) is 0. The maximum absolute atomic E-state index is 11.1. The lowest BCUT2D eigenvalue weighted by atomic mass is 9.96. The van der Waals surface area contributed by atoms with Crippen LogP contribution in [-0.4, -0.2) is 11.3 Å². The van der Waals surface area contributed by atoms with E-state index in [1.54, 1.807) is 6.07 Å². The van der Waals surface area contributed by atoms with Crippen molar-refractivity contribution in [3.8, 4) is 22.6 Å². The van der Waals surface area contributed by atoms with Gasteiger partial charge in [-0.2, -0.15) is 0 Å². The van der Waals surface area contributed by atoms with Crippen LogP contribution in [0.2, 0.25) is 0 Å². The molecule has 3 aromatic carbocycles. The molecule has 4 rings (SSSR count). The van der Waals surface area contributed by atoms with Crippen molar-refractivity contribution >= 4 is 17.4 Å². The van der Waals surface area contributed by atoms with E-state index in [0.29, 0.717) is 17.0 Å². The number of hydrogen-bond acceptors (Lipinski definition) is 3. The molecule has 3 nitrogen and oxygen atoms in total. The van der Waals surface area contributed by atoms with E-state index in [1.807, 2.05) is 43.3 Å². The maximum atomic E-state index is 11.1. The Morgan fingerprint density at radius 2 is 1.68 bits per heavy atom. The molecular weight excluding hydrogens is 310 g/mol. The molecule has 0 radical (unpaired) electrons. The fraction of sp³-hybridized carbons (Fsp3) is 0.0909. The molecule has 0 spiro atoms. The van der Waals surface area contributed by atoms with E-state index in [2.05, 4.69) is 30.1 Å². The van der Waals surface area contributed by atoms with Gasteiger partial charge in [0.2, 0.25) is 5.89 Å². The zero-order valence-electron chi connectivity index (χ0n) is 14.1. The summed E-state index contributed by atoms with van der Waals surface area (Å²) >= 11 is 0. The molecule has 4 aromatic rings. The van der Waals surface area contributed by atoms with Crippen molar-refractivity contribution in [3.63, 3.8) is 0 Å². The summed E-state index contributed by atoms with van der Waals surface area (Å²) in [5.41, 5.74) is 7.36. The second-order valence-electron chi connectivity index (χ2n) is 6.17. The number of carbonyl (C=O) groups is 1. The molecule has 0 saturated carbocycles. The summed E-state index contributed by atoms with van der Waals surface area (Å²) in [5.74, 6) is 0.580. The van der Waals surface area contributed by atoms with Gasteiger partial charge in [-0.25, -0.2) is 4.98 Å². The number of nitrogens with zero attached hydrogens (tertiary/aromatic N) is 1. The van der Waals surface area contributed by atoms with Crippen LogP contribution in [0.5, 0.6) is 0 Å². The van der Waals surface area contributed by atoms with Gasteiger partial charge in [-0.1, -0.05) is 42.5 Å². The molecule has 0 aliphatic rings. The lowest BCUT2D eigenvalue weighted by Crippen LogP contribution is -1.88.